The van der Waals surface area contributed by atoms with E-state index in [2.05, 4.69) is 17.1 Å². The second-order valence-corrected chi connectivity index (χ2v) is 4.53. The average molecular weight is 253 g/mol. The maximum atomic E-state index is 9.02. The monoisotopic (exact) mass is 253 g/mol. The van der Waals surface area contributed by atoms with Crippen molar-refractivity contribution in [1.82, 2.24) is 0 Å². The lowest BCUT2D eigenvalue weighted by molar-refractivity contribution is 0.282. The normalized spacial score (nSPS) is 17.9. The first-order valence-electron chi connectivity index (χ1n) is 6.32. The molecule has 3 rings (SSSR count). The van der Waals surface area contributed by atoms with E-state index >= 15 is 0 Å². The molecule has 0 radical (unpaired) electrons. The summed E-state index contributed by atoms with van der Waals surface area (Å²) in [5.41, 5.74) is 3.02. The van der Waals surface area contributed by atoms with Crippen molar-refractivity contribution in [3.05, 3.63) is 71.3 Å². The van der Waals surface area contributed by atoms with Crippen molar-refractivity contribution in [2.75, 3.05) is 6.61 Å². The van der Waals surface area contributed by atoms with E-state index < -0.39 is 0 Å². The molecule has 1 unspecified atom stereocenters. The van der Waals surface area contributed by atoms with Crippen LogP contribution >= 0.6 is 0 Å². The molecule has 0 amide bonds. The zero-order valence-electron chi connectivity index (χ0n) is 10.5. The highest BCUT2D eigenvalue weighted by Gasteiger charge is 2.21. The topological polar surface area (TPSA) is 41.8 Å². The highest BCUT2D eigenvalue weighted by atomic mass is 16.5. The number of ether oxygens (including phenoxy) is 1. The molecule has 1 aliphatic heterocycles. The third-order valence-corrected chi connectivity index (χ3v) is 3.22. The van der Waals surface area contributed by atoms with E-state index in [9.17, 15) is 0 Å². The standard InChI is InChI=1S/C16H15NO2/c18-10-12-6-8-14(9-7-12)16-17-15(11-19-16)13-4-2-1-3-5-13/h1-9,15,18H,10-11H2. The number of hydrogen-bond donors (Lipinski definition) is 1. The van der Waals surface area contributed by atoms with Crippen molar-refractivity contribution >= 4 is 5.90 Å². The summed E-state index contributed by atoms with van der Waals surface area (Å²) < 4.78 is 5.67. The molecule has 2 aromatic rings. The molecule has 2 aromatic carbocycles. The fourth-order valence-corrected chi connectivity index (χ4v) is 2.13. The number of hydrogen-bond acceptors (Lipinski definition) is 3. The van der Waals surface area contributed by atoms with Gasteiger partial charge in [-0.15, -0.1) is 0 Å². The molecule has 0 spiro atoms. The summed E-state index contributed by atoms with van der Waals surface area (Å²) in [6.45, 7) is 0.640. The Kier molecular flexibility index (Phi) is 3.29. The van der Waals surface area contributed by atoms with E-state index in [0.717, 1.165) is 11.1 Å². The Bertz CT molecular complexity index is 575. The van der Waals surface area contributed by atoms with E-state index in [-0.39, 0.29) is 12.6 Å². The van der Waals surface area contributed by atoms with Crippen LogP contribution in [0.15, 0.2) is 59.6 Å². The SMILES string of the molecule is OCc1ccc(C2=NC(c3ccccc3)CO2)cc1. The van der Waals surface area contributed by atoms with Crippen LogP contribution in [-0.4, -0.2) is 17.6 Å². The number of aliphatic hydroxyl groups excluding tert-OH is 1. The van der Waals surface area contributed by atoms with E-state index in [1.54, 1.807) is 0 Å². The molecular formula is C16H15NO2. The van der Waals surface area contributed by atoms with Crippen molar-refractivity contribution in [3.63, 3.8) is 0 Å². The van der Waals surface area contributed by atoms with Crippen molar-refractivity contribution in [2.24, 2.45) is 4.99 Å². The molecule has 0 saturated heterocycles. The van der Waals surface area contributed by atoms with Crippen molar-refractivity contribution in [1.29, 1.82) is 0 Å². The minimum Gasteiger partial charge on any atom is -0.475 e. The van der Waals surface area contributed by atoms with Crippen molar-refractivity contribution in [3.8, 4) is 0 Å². The van der Waals surface area contributed by atoms with Gasteiger partial charge in [0, 0.05) is 5.56 Å². The molecule has 1 heterocycles. The molecule has 1 atom stereocenters. The molecule has 0 aromatic heterocycles. The van der Waals surface area contributed by atoms with Crippen molar-refractivity contribution in [2.45, 2.75) is 12.6 Å². The number of nitrogens with zero attached hydrogens (tertiary/aromatic N) is 1. The first kappa shape index (κ1) is 11.9. The fourth-order valence-electron chi connectivity index (χ4n) is 2.13. The Balaban J connectivity index is 1.82. The smallest absolute Gasteiger partial charge is 0.216 e. The van der Waals surface area contributed by atoms with Crippen LogP contribution in [0.1, 0.15) is 22.7 Å². The summed E-state index contributed by atoms with van der Waals surface area (Å²) in [6.07, 6.45) is 0. The molecule has 0 aliphatic carbocycles. The quantitative estimate of drug-likeness (QED) is 0.913. The molecular weight excluding hydrogens is 238 g/mol. The van der Waals surface area contributed by atoms with Crippen molar-refractivity contribution < 1.29 is 9.84 Å². The lowest BCUT2D eigenvalue weighted by Crippen LogP contribution is -2.01. The summed E-state index contributed by atoms with van der Waals surface area (Å²) in [5.74, 6) is 0.679. The van der Waals surface area contributed by atoms with Crippen LogP contribution in [0.3, 0.4) is 0 Å². The first-order valence-corrected chi connectivity index (χ1v) is 6.32. The predicted molar refractivity (Wildman–Crippen MR) is 74.0 cm³/mol. The van der Waals surface area contributed by atoms with Gasteiger partial charge in [0.2, 0.25) is 5.90 Å². The molecule has 0 fully saturated rings. The Labute approximate surface area is 112 Å². The van der Waals surface area contributed by atoms with Crippen LogP contribution in [0.25, 0.3) is 0 Å². The second kappa shape index (κ2) is 5.24. The van der Waals surface area contributed by atoms with Gasteiger partial charge in [-0.1, -0.05) is 42.5 Å². The van der Waals surface area contributed by atoms with E-state index in [0.29, 0.717) is 12.5 Å². The van der Waals surface area contributed by atoms with Crippen LogP contribution in [0.2, 0.25) is 0 Å². The summed E-state index contributed by atoms with van der Waals surface area (Å²) in [4.78, 5) is 4.62. The van der Waals surface area contributed by atoms with Gasteiger partial charge in [-0.2, -0.15) is 0 Å². The Morgan fingerprint density at radius 1 is 1.05 bits per heavy atom. The number of aliphatic hydroxyl groups is 1. The third-order valence-electron chi connectivity index (χ3n) is 3.22. The fraction of sp³-hybridized carbons (Fsp3) is 0.188. The minimum atomic E-state index is 0.0558. The maximum absolute atomic E-state index is 9.02. The number of rotatable bonds is 3. The summed E-state index contributed by atoms with van der Waals surface area (Å²) in [7, 11) is 0. The van der Waals surface area contributed by atoms with Gasteiger partial charge in [-0.05, 0) is 23.3 Å². The molecule has 0 saturated carbocycles. The van der Waals surface area contributed by atoms with Gasteiger partial charge in [-0.3, -0.25) is 0 Å². The molecule has 0 bridgehead atoms. The van der Waals surface area contributed by atoms with Gasteiger partial charge < -0.3 is 9.84 Å². The number of aliphatic imine (C=N–C) groups is 1. The first-order chi connectivity index (χ1) is 9.36. The summed E-state index contributed by atoms with van der Waals surface area (Å²) in [6, 6.07) is 17.9. The largest absolute Gasteiger partial charge is 0.475 e. The molecule has 1 N–H and O–H groups in total. The number of benzene rings is 2. The van der Waals surface area contributed by atoms with Gasteiger partial charge in [0.05, 0.1) is 6.61 Å². The molecule has 3 heteroatoms. The summed E-state index contributed by atoms with van der Waals surface area (Å²) in [5, 5.41) is 9.02. The van der Waals surface area contributed by atoms with E-state index in [4.69, 9.17) is 9.84 Å². The lowest BCUT2D eigenvalue weighted by atomic mass is 10.1. The van der Waals surface area contributed by atoms with Crippen LogP contribution in [0.4, 0.5) is 0 Å². The Morgan fingerprint density at radius 2 is 1.79 bits per heavy atom. The molecule has 19 heavy (non-hydrogen) atoms. The second-order valence-electron chi connectivity index (χ2n) is 4.53. The van der Waals surface area contributed by atoms with Gasteiger partial charge in [0.25, 0.3) is 0 Å². The predicted octanol–water partition coefficient (Wildman–Crippen LogP) is 2.70. The zero-order valence-corrected chi connectivity index (χ0v) is 10.5. The molecule has 3 nitrogen and oxygen atoms in total. The van der Waals surface area contributed by atoms with Gasteiger partial charge in [0.1, 0.15) is 12.6 Å². The van der Waals surface area contributed by atoms with Crippen LogP contribution in [-0.2, 0) is 11.3 Å². The van der Waals surface area contributed by atoms with E-state index in [1.807, 2.05) is 42.5 Å². The van der Waals surface area contributed by atoms with Gasteiger partial charge >= 0.3 is 0 Å². The molecule has 1 aliphatic rings. The highest BCUT2D eigenvalue weighted by molar-refractivity contribution is 5.95. The summed E-state index contributed by atoms with van der Waals surface area (Å²) >= 11 is 0. The van der Waals surface area contributed by atoms with Crippen LogP contribution in [0, 0.1) is 0 Å². The Morgan fingerprint density at radius 3 is 2.47 bits per heavy atom. The minimum absolute atomic E-state index is 0.0558. The van der Waals surface area contributed by atoms with Crippen LogP contribution < -0.4 is 0 Å². The zero-order chi connectivity index (χ0) is 13.1. The third kappa shape index (κ3) is 2.51. The van der Waals surface area contributed by atoms with Crippen LogP contribution in [0.5, 0.6) is 0 Å². The highest BCUT2D eigenvalue weighted by Crippen LogP contribution is 2.24. The average Bonchev–Trinajstić information content (AvgIpc) is 2.98. The lowest BCUT2D eigenvalue weighted by Gasteiger charge is -2.03. The van der Waals surface area contributed by atoms with Gasteiger partial charge in [-0.25, -0.2) is 4.99 Å². The maximum Gasteiger partial charge on any atom is 0.216 e. The molecule has 96 valence electrons. The van der Waals surface area contributed by atoms with E-state index in [1.165, 1.54) is 5.56 Å². The van der Waals surface area contributed by atoms with Gasteiger partial charge in [0.15, 0.2) is 0 Å². The Hall–Kier alpha value is -2.13.